The summed E-state index contributed by atoms with van der Waals surface area (Å²) >= 11 is 0. The Morgan fingerprint density at radius 1 is 1.11 bits per heavy atom. The van der Waals surface area contributed by atoms with Crippen LogP contribution >= 0.6 is 0 Å². The third-order valence-electron chi connectivity index (χ3n) is 6.05. The average Bonchev–Trinajstić information content (AvgIpc) is 2.88. The zero-order valence-electron chi connectivity index (χ0n) is 22.6. The zero-order valence-corrected chi connectivity index (χ0v) is 22.6. The highest BCUT2D eigenvalue weighted by Crippen LogP contribution is 2.36. The molecular formula is C28H36N6O3. The maximum atomic E-state index is 11.9. The van der Waals surface area contributed by atoms with Crippen molar-refractivity contribution in [2.45, 2.75) is 13.8 Å². The molecule has 0 fully saturated rings. The molecule has 3 aromatic rings. The highest BCUT2D eigenvalue weighted by Gasteiger charge is 2.16. The lowest BCUT2D eigenvalue weighted by Gasteiger charge is -2.24. The molecule has 0 spiro atoms. The van der Waals surface area contributed by atoms with Gasteiger partial charge in [-0.1, -0.05) is 12.1 Å². The fourth-order valence-electron chi connectivity index (χ4n) is 3.99. The van der Waals surface area contributed by atoms with Gasteiger partial charge in [0, 0.05) is 38.0 Å². The number of nitrogens with zero attached hydrogens (tertiary/aromatic N) is 4. The second-order valence-electron chi connectivity index (χ2n) is 8.95. The maximum absolute atomic E-state index is 11.9. The third kappa shape index (κ3) is 6.56. The van der Waals surface area contributed by atoms with E-state index in [1.165, 1.54) is 7.11 Å². The van der Waals surface area contributed by atoms with E-state index < -0.39 is 0 Å². The number of anilines is 4. The van der Waals surface area contributed by atoms with Crippen molar-refractivity contribution < 1.29 is 14.3 Å². The summed E-state index contributed by atoms with van der Waals surface area (Å²) in [7, 11) is 9.08. The molecule has 0 saturated heterocycles. The van der Waals surface area contributed by atoms with Crippen molar-refractivity contribution in [3.8, 4) is 5.75 Å². The van der Waals surface area contributed by atoms with E-state index in [0.717, 1.165) is 41.2 Å². The van der Waals surface area contributed by atoms with Crippen LogP contribution in [0.4, 0.5) is 23.0 Å². The van der Waals surface area contributed by atoms with E-state index in [4.69, 9.17) is 20.2 Å². The lowest BCUT2D eigenvalue weighted by Crippen LogP contribution is -2.29. The number of nitrogens with one attached hydrogen (secondary N) is 1. The van der Waals surface area contributed by atoms with Gasteiger partial charge in [-0.25, -0.2) is 14.8 Å². The van der Waals surface area contributed by atoms with Crippen molar-refractivity contribution >= 4 is 34.6 Å². The Hall–Kier alpha value is -4.11. The van der Waals surface area contributed by atoms with Crippen LogP contribution in [-0.4, -0.2) is 69.3 Å². The number of hydrogen-bond acceptors (Lipinski definition) is 9. The second-order valence-corrected chi connectivity index (χ2v) is 8.95. The summed E-state index contributed by atoms with van der Waals surface area (Å²) in [6.07, 6.45) is 3.69. The standard InChI is InChI=1S/C28H36N6O3/c1-8-20(21-10-9-19(15-18(21)2)27(35)37-7)23-11-12-30-28(31-23)32-24-16-22(29)25(17-26(24)36-6)34(5)14-13-33(3)4/h8-12,15-17H,13-14,29H2,1-7H3,(H,30,31,32)/b20-8+. The number of allylic oxidation sites excluding steroid dienone is 1. The highest BCUT2D eigenvalue weighted by molar-refractivity contribution is 5.91. The van der Waals surface area contributed by atoms with Crippen LogP contribution in [0.15, 0.2) is 48.7 Å². The number of rotatable bonds is 10. The normalized spacial score (nSPS) is 11.4. The molecule has 2 aromatic carbocycles. The molecule has 0 aliphatic heterocycles. The molecule has 196 valence electrons. The summed E-state index contributed by atoms with van der Waals surface area (Å²) in [5, 5.41) is 3.26. The Morgan fingerprint density at radius 2 is 1.86 bits per heavy atom. The van der Waals surface area contributed by atoms with Gasteiger partial charge in [-0.3, -0.25) is 0 Å². The number of nitrogen functional groups attached to an aromatic ring is 1. The topological polar surface area (TPSA) is 106 Å². The summed E-state index contributed by atoms with van der Waals surface area (Å²) in [5.74, 6) is 0.677. The van der Waals surface area contributed by atoms with E-state index in [2.05, 4.69) is 20.1 Å². The summed E-state index contributed by atoms with van der Waals surface area (Å²) in [4.78, 5) is 25.3. The minimum absolute atomic E-state index is 0.367. The first-order chi connectivity index (χ1) is 17.7. The van der Waals surface area contributed by atoms with Crippen LogP contribution in [0.3, 0.4) is 0 Å². The predicted octanol–water partition coefficient (Wildman–Crippen LogP) is 4.36. The highest BCUT2D eigenvalue weighted by atomic mass is 16.5. The number of aromatic nitrogens is 2. The summed E-state index contributed by atoms with van der Waals surface area (Å²) < 4.78 is 10.5. The van der Waals surface area contributed by atoms with Gasteiger partial charge in [-0.15, -0.1) is 0 Å². The van der Waals surface area contributed by atoms with E-state index in [0.29, 0.717) is 28.6 Å². The number of ether oxygens (including phenoxy) is 2. The molecule has 0 aliphatic rings. The fourth-order valence-corrected chi connectivity index (χ4v) is 3.99. The van der Waals surface area contributed by atoms with Crippen LogP contribution < -0.4 is 20.7 Å². The van der Waals surface area contributed by atoms with Crippen molar-refractivity contribution in [1.82, 2.24) is 14.9 Å². The molecule has 3 N–H and O–H groups in total. The first-order valence-electron chi connectivity index (χ1n) is 12.0. The van der Waals surface area contributed by atoms with Gasteiger partial charge in [0.1, 0.15) is 5.75 Å². The number of likely N-dealkylation sites (N-methyl/N-ethyl adjacent to an activating group) is 2. The molecule has 0 atom stereocenters. The molecule has 0 amide bonds. The summed E-state index contributed by atoms with van der Waals surface area (Å²) in [6.45, 7) is 5.63. The van der Waals surface area contributed by atoms with E-state index in [1.807, 2.05) is 71.4 Å². The molecule has 3 rings (SSSR count). The van der Waals surface area contributed by atoms with Crippen molar-refractivity contribution in [2.75, 3.05) is 64.4 Å². The molecule has 0 radical (unpaired) electrons. The van der Waals surface area contributed by atoms with Gasteiger partial charge in [0.25, 0.3) is 0 Å². The molecule has 0 bridgehead atoms. The first kappa shape index (κ1) is 27.5. The SMILES string of the molecule is C/C=C(/c1ccnc(Nc2cc(N)c(N(C)CCN(C)C)cc2OC)n1)c1ccc(C(=O)OC)cc1C. The van der Waals surface area contributed by atoms with E-state index >= 15 is 0 Å². The molecule has 1 aromatic heterocycles. The smallest absolute Gasteiger partial charge is 0.337 e. The van der Waals surface area contributed by atoms with Gasteiger partial charge in [0.15, 0.2) is 0 Å². The van der Waals surface area contributed by atoms with E-state index in [-0.39, 0.29) is 5.97 Å². The zero-order chi connectivity index (χ0) is 27.1. The fraction of sp³-hybridized carbons (Fsp3) is 0.321. The second kappa shape index (κ2) is 12.2. The lowest BCUT2D eigenvalue weighted by molar-refractivity contribution is 0.0600. The van der Waals surface area contributed by atoms with Gasteiger partial charge < -0.3 is 30.3 Å². The number of aryl methyl sites for hydroxylation is 1. The number of hydrogen-bond donors (Lipinski definition) is 2. The van der Waals surface area contributed by atoms with Crippen molar-refractivity contribution in [3.05, 3.63) is 71.1 Å². The minimum atomic E-state index is -0.367. The number of nitrogens with two attached hydrogens (primary N) is 1. The van der Waals surface area contributed by atoms with Crippen molar-refractivity contribution in [2.24, 2.45) is 0 Å². The third-order valence-corrected chi connectivity index (χ3v) is 6.05. The van der Waals surface area contributed by atoms with Crippen LogP contribution in [0.25, 0.3) is 5.57 Å². The van der Waals surface area contributed by atoms with Gasteiger partial charge in [0.05, 0.1) is 42.5 Å². The van der Waals surface area contributed by atoms with Gasteiger partial charge in [-0.2, -0.15) is 0 Å². The molecule has 0 unspecified atom stereocenters. The van der Waals surface area contributed by atoms with E-state index in [9.17, 15) is 4.79 Å². The van der Waals surface area contributed by atoms with Crippen molar-refractivity contribution in [1.29, 1.82) is 0 Å². The minimum Gasteiger partial charge on any atom is -0.494 e. The number of methoxy groups -OCH3 is 2. The summed E-state index contributed by atoms with van der Waals surface area (Å²) in [6, 6.07) is 11.1. The maximum Gasteiger partial charge on any atom is 0.337 e. The molecule has 0 aliphatic carbocycles. The quantitative estimate of drug-likeness (QED) is 0.308. The molecule has 1 heterocycles. The number of carbonyl (C=O) groups excluding carboxylic acids is 1. The monoisotopic (exact) mass is 504 g/mol. The van der Waals surface area contributed by atoms with Gasteiger partial charge in [-0.05, 0) is 63.3 Å². The Bertz CT molecular complexity index is 1290. The van der Waals surface area contributed by atoms with Crippen LogP contribution in [0.2, 0.25) is 0 Å². The molecule has 37 heavy (non-hydrogen) atoms. The Labute approximate surface area is 218 Å². The Kier molecular flexibility index (Phi) is 9.08. The molecule has 9 heteroatoms. The lowest BCUT2D eigenvalue weighted by atomic mass is 9.96. The van der Waals surface area contributed by atoms with Crippen LogP contribution in [0, 0.1) is 6.92 Å². The van der Waals surface area contributed by atoms with Crippen LogP contribution in [0.5, 0.6) is 5.75 Å². The van der Waals surface area contributed by atoms with E-state index in [1.54, 1.807) is 19.4 Å². The van der Waals surface area contributed by atoms with Crippen LogP contribution in [-0.2, 0) is 4.74 Å². The summed E-state index contributed by atoms with van der Waals surface area (Å²) in [5.41, 5.74) is 12.7. The predicted molar refractivity (Wildman–Crippen MR) is 150 cm³/mol. The van der Waals surface area contributed by atoms with Gasteiger partial charge in [0.2, 0.25) is 5.95 Å². The molecule has 0 saturated carbocycles. The number of esters is 1. The number of carbonyl (C=O) groups is 1. The van der Waals surface area contributed by atoms with Crippen LogP contribution in [0.1, 0.15) is 34.1 Å². The first-order valence-corrected chi connectivity index (χ1v) is 12.0. The Morgan fingerprint density at radius 3 is 2.49 bits per heavy atom. The molecular weight excluding hydrogens is 468 g/mol. The van der Waals surface area contributed by atoms with Gasteiger partial charge >= 0.3 is 5.97 Å². The average molecular weight is 505 g/mol. The Balaban J connectivity index is 1.90. The largest absolute Gasteiger partial charge is 0.494 e. The van der Waals surface area contributed by atoms with Crippen molar-refractivity contribution in [3.63, 3.8) is 0 Å². The molecule has 9 nitrogen and oxygen atoms in total. The number of benzene rings is 2.